The molecule has 0 heterocycles. The monoisotopic (exact) mass is 401 g/mol. The van der Waals surface area contributed by atoms with E-state index in [1.165, 1.54) is 33.4 Å². The van der Waals surface area contributed by atoms with Crippen LogP contribution < -0.4 is 5.73 Å². The number of hydrogen-bond acceptors (Lipinski definition) is 3. The van der Waals surface area contributed by atoms with Crippen molar-refractivity contribution in [1.29, 1.82) is 0 Å². The second-order valence-electron chi connectivity index (χ2n) is 8.68. The zero-order valence-corrected chi connectivity index (χ0v) is 18.0. The van der Waals surface area contributed by atoms with Gasteiger partial charge in [-0.3, -0.25) is 0 Å². The lowest BCUT2D eigenvalue weighted by molar-refractivity contribution is -0.0280. The van der Waals surface area contributed by atoms with Gasteiger partial charge in [-0.05, 0) is 66.1 Å². The van der Waals surface area contributed by atoms with Crippen LogP contribution in [0.25, 0.3) is 0 Å². The van der Waals surface area contributed by atoms with Crippen LogP contribution in [-0.2, 0) is 35.5 Å². The first kappa shape index (κ1) is 20.6. The topological polar surface area (TPSA) is 44.5 Å². The van der Waals surface area contributed by atoms with Gasteiger partial charge >= 0.3 is 0 Å². The Labute approximate surface area is 179 Å². The summed E-state index contributed by atoms with van der Waals surface area (Å²) in [6.07, 6.45) is 1.92. The number of fused-ring (bicyclic) bond motifs is 1. The van der Waals surface area contributed by atoms with Gasteiger partial charge in [0.25, 0.3) is 0 Å². The summed E-state index contributed by atoms with van der Waals surface area (Å²) in [6, 6.07) is 22.8. The number of ether oxygens (including phenoxy) is 2. The van der Waals surface area contributed by atoms with E-state index < -0.39 is 0 Å². The molecular weight excluding hydrogens is 370 g/mol. The van der Waals surface area contributed by atoms with E-state index in [9.17, 15) is 0 Å². The van der Waals surface area contributed by atoms with E-state index in [0.717, 1.165) is 18.5 Å². The van der Waals surface area contributed by atoms with Crippen molar-refractivity contribution >= 4 is 5.69 Å². The van der Waals surface area contributed by atoms with Gasteiger partial charge < -0.3 is 15.2 Å². The van der Waals surface area contributed by atoms with Crippen LogP contribution in [0.5, 0.6) is 0 Å². The summed E-state index contributed by atoms with van der Waals surface area (Å²) in [7, 11) is 0. The molecule has 0 fully saturated rings. The molecule has 30 heavy (non-hydrogen) atoms. The molecule has 0 saturated heterocycles. The molecule has 0 aromatic heterocycles. The predicted molar refractivity (Wildman–Crippen MR) is 122 cm³/mol. The molecule has 0 amide bonds. The fourth-order valence-corrected chi connectivity index (χ4v) is 4.53. The molecule has 1 aliphatic rings. The van der Waals surface area contributed by atoms with Crippen molar-refractivity contribution in [3.63, 3.8) is 0 Å². The molecule has 1 aliphatic carbocycles. The van der Waals surface area contributed by atoms with Crippen LogP contribution in [0.15, 0.2) is 66.7 Å². The van der Waals surface area contributed by atoms with E-state index in [4.69, 9.17) is 15.2 Å². The summed E-state index contributed by atoms with van der Waals surface area (Å²) in [6.45, 7) is 6.89. The molecular formula is C27H31NO2. The standard InChI is InChI=1S/C27H31NO2/c1-20-13-26(28)21(2)25-15-27(14-24(20)25,18-29-16-22-9-5-3-6-10-22)19-30-17-23-11-7-4-8-12-23/h3-13H,14-19,28H2,1-2H3. The Balaban J connectivity index is 1.49. The lowest BCUT2D eigenvalue weighted by atomic mass is 9.86. The molecule has 0 saturated carbocycles. The van der Waals surface area contributed by atoms with Crippen molar-refractivity contribution in [2.75, 3.05) is 18.9 Å². The molecule has 0 unspecified atom stereocenters. The number of rotatable bonds is 8. The van der Waals surface area contributed by atoms with Crippen LogP contribution in [0.2, 0.25) is 0 Å². The zero-order valence-electron chi connectivity index (χ0n) is 18.0. The highest BCUT2D eigenvalue weighted by Crippen LogP contribution is 2.42. The van der Waals surface area contributed by atoms with E-state index in [-0.39, 0.29) is 5.41 Å². The minimum Gasteiger partial charge on any atom is -0.398 e. The fourth-order valence-electron chi connectivity index (χ4n) is 4.53. The Morgan fingerprint density at radius 1 is 0.767 bits per heavy atom. The molecule has 3 nitrogen and oxygen atoms in total. The molecule has 3 heteroatoms. The molecule has 0 aliphatic heterocycles. The van der Waals surface area contributed by atoms with Gasteiger partial charge in [0, 0.05) is 11.1 Å². The number of anilines is 1. The molecule has 3 aromatic carbocycles. The highest BCUT2D eigenvalue weighted by molar-refractivity contribution is 5.58. The summed E-state index contributed by atoms with van der Waals surface area (Å²) >= 11 is 0. The highest BCUT2D eigenvalue weighted by atomic mass is 16.5. The van der Waals surface area contributed by atoms with Crippen LogP contribution in [-0.4, -0.2) is 13.2 Å². The van der Waals surface area contributed by atoms with Crippen molar-refractivity contribution in [3.8, 4) is 0 Å². The van der Waals surface area contributed by atoms with Crippen LogP contribution in [0.4, 0.5) is 5.69 Å². The summed E-state index contributed by atoms with van der Waals surface area (Å²) in [5.41, 5.74) is 14.8. The number of hydrogen-bond donors (Lipinski definition) is 1. The third-order valence-corrected chi connectivity index (χ3v) is 6.24. The maximum Gasteiger partial charge on any atom is 0.0717 e. The molecule has 0 atom stereocenters. The van der Waals surface area contributed by atoms with E-state index in [1.54, 1.807) is 0 Å². The first-order chi connectivity index (χ1) is 14.6. The van der Waals surface area contributed by atoms with Crippen molar-refractivity contribution < 1.29 is 9.47 Å². The first-order valence-corrected chi connectivity index (χ1v) is 10.7. The average Bonchev–Trinajstić information content (AvgIpc) is 3.14. The predicted octanol–water partition coefficient (Wildman–Crippen LogP) is 5.40. The molecule has 0 radical (unpaired) electrons. The SMILES string of the molecule is Cc1cc(N)c(C)c2c1CC(COCc1ccccc1)(COCc1ccccc1)C2. The zero-order chi connectivity index (χ0) is 21.0. The summed E-state index contributed by atoms with van der Waals surface area (Å²) in [5.74, 6) is 0. The van der Waals surface area contributed by atoms with Gasteiger partial charge in [-0.15, -0.1) is 0 Å². The molecule has 156 valence electrons. The van der Waals surface area contributed by atoms with Crippen LogP contribution in [0.1, 0.15) is 33.4 Å². The minimum absolute atomic E-state index is 0.0603. The Morgan fingerprint density at radius 2 is 1.27 bits per heavy atom. The molecule has 3 aromatic rings. The van der Waals surface area contributed by atoms with Crippen LogP contribution >= 0.6 is 0 Å². The lowest BCUT2D eigenvalue weighted by Crippen LogP contribution is -2.33. The number of aryl methyl sites for hydroxylation is 1. The van der Waals surface area contributed by atoms with Gasteiger partial charge in [0.05, 0.1) is 26.4 Å². The van der Waals surface area contributed by atoms with E-state index in [2.05, 4.69) is 68.4 Å². The second-order valence-corrected chi connectivity index (χ2v) is 8.68. The van der Waals surface area contributed by atoms with E-state index in [1.807, 2.05) is 12.1 Å². The molecule has 4 rings (SSSR count). The number of nitrogens with two attached hydrogens (primary N) is 1. The molecule has 0 bridgehead atoms. The van der Waals surface area contributed by atoms with Gasteiger partial charge in [-0.1, -0.05) is 60.7 Å². The minimum atomic E-state index is -0.0603. The summed E-state index contributed by atoms with van der Waals surface area (Å²) in [4.78, 5) is 0. The van der Waals surface area contributed by atoms with Crippen molar-refractivity contribution in [3.05, 3.63) is 100 Å². The second kappa shape index (κ2) is 9.03. The lowest BCUT2D eigenvalue weighted by Gasteiger charge is -2.29. The van der Waals surface area contributed by atoms with Crippen LogP contribution in [0, 0.1) is 19.3 Å². The normalized spacial score (nSPS) is 14.6. The highest BCUT2D eigenvalue weighted by Gasteiger charge is 2.40. The van der Waals surface area contributed by atoms with Crippen molar-refractivity contribution in [1.82, 2.24) is 0 Å². The van der Waals surface area contributed by atoms with Gasteiger partial charge in [0.2, 0.25) is 0 Å². The smallest absolute Gasteiger partial charge is 0.0717 e. The average molecular weight is 402 g/mol. The summed E-state index contributed by atoms with van der Waals surface area (Å²) in [5, 5.41) is 0. The maximum atomic E-state index is 6.27. The van der Waals surface area contributed by atoms with Gasteiger partial charge in [-0.2, -0.15) is 0 Å². The van der Waals surface area contributed by atoms with Crippen molar-refractivity contribution in [2.24, 2.45) is 5.41 Å². The van der Waals surface area contributed by atoms with E-state index >= 15 is 0 Å². The van der Waals surface area contributed by atoms with Crippen molar-refractivity contribution in [2.45, 2.75) is 39.9 Å². The molecule has 0 spiro atoms. The number of nitrogen functional groups attached to an aromatic ring is 1. The Bertz CT molecular complexity index is 937. The van der Waals surface area contributed by atoms with E-state index in [0.29, 0.717) is 26.4 Å². The maximum absolute atomic E-state index is 6.27. The third kappa shape index (κ3) is 4.58. The number of benzene rings is 3. The first-order valence-electron chi connectivity index (χ1n) is 10.7. The van der Waals surface area contributed by atoms with Crippen LogP contribution in [0.3, 0.4) is 0 Å². The summed E-state index contributed by atoms with van der Waals surface area (Å²) < 4.78 is 12.5. The largest absolute Gasteiger partial charge is 0.398 e. The van der Waals surface area contributed by atoms with Gasteiger partial charge in [-0.25, -0.2) is 0 Å². The molecule has 2 N–H and O–H groups in total. The fraction of sp³-hybridized carbons (Fsp3) is 0.333. The van der Waals surface area contributed by atoms with Gasteiger partial charge in [0.15, 0.2) is 0 Å². The quantitative estimate of drug-likeness (QED) is 0.514. The Kier molecular flexibility index (Phi) is 6.21. The van der Waals surface area contributed by atoms with Gasteiger partial charge in [0.1, 0.15) is 0 Å². The Hall–Kier alpha value is -2.62. The Morgan fingerprint density at radius 3 is 1.80 bits per heavy atom. The third-order valence-electron chi connectivity index (χ3n) is 6.24.